The zero-order valence-corrected chi connectivity index (χ0v) is 18.7. The minimum absolute atomic E-state index is 0.489. The van der Waals surface area contributed by atoms with E-state index in [1.165, 1.54) is 77.2 Å². The average molecular weight is 388 g/mol. The maximum Gasteiger partial charge on any atom is 0.0422 e. The van der Waals surface area contributed by atoms with Gasteiger partial charge in [0.1, 0.15) is 0 Å². The third kappa shape index (κ3) is 1.47. The van der Waals surface area contributed by atoms with E-state index in [9.17, 15) is 0 Å². The van der Waals surface area contributed by atoms with E-state index in [0.717, 1.165) is 17.9 Å². The van der Waals surface area contributed by atoms with Gasteiger partial charge in [-0.1, -0.05) is 43.1 Å². The molecule has 1 heteroatoms. The topological polar surface area (TPSA) is 3.01 Å². The highest BCUT2D eigenvalue weighted by Crippen LogP contribution is 2.83. The van der Waals surface area contributed by atoms with E-state index >= 15 is 0 Å². The molecule has 8 atom stereocenters. The van der Waals surface area contributed by atoms with Gasteiger partial charge in [0.15, 0.2) is 0 Å². The number of hydrogen-bond donors (Lipinski definition) is 0. The predicted octanol–water partition coefficient (Wildman–Crippen LogP) is 6.57. The number of fused-ring (bicyclic) bond motifs is 1. The smallest absolute Gasteiger partial charge is 0.0422 e. The maximum absolute atomic E-state index is 3.13. The van der Waals surface area contributed by atoms with Gasteiger partial charge in [-0.3, -0.25) is 4.90 Å². The lowest BCUT2D eigenvalue weighted by molar-refractivity contribution is -0.118. The van der Waals surface area contributed by atoms with E-state index in [-0.39, 0.29) is 0 Å². The van der Waals surface area contributed by atoms with E-state index in [0.29, 0.717) is 21.8 Å². The molecule has 154 valence electrons. The molecular weight excluding hydrogens is 350 g/mol. The van der Waals surface area contributed by atoms with Gasteiger partial charge in [-0.15, -0.1) is 0 Å². The van der Waals surface area contributed by atoms with Crippen molar-refractivity contribution in [3.8, 4) is 0 Å². The fourth-order valence-electron chi connectivity index (χ4n) is 11.4. The minimum Gasteiger partial charge on any atom is -0.287 e. The normalized spacial score (nSPS) is 58.4. The van der Waals surface area contributed by atoms with Crippen LogP contribution in [0.2, 0.25) is 0 Å². The molecule has 29 heavy (non-hydrogen) atoms. The lowest BCUT2D eigenvalue weighted by atomic mass is 9.41. The fourth-order valence-corrected chi connectivity index (χ4v) is 11.4. The maximum atomic E-state index is 3.13. The van der Waals surface area contributed by atoms with Crippen LogP contribution in [0.25, 0.3) is 0 Å². The monoisotopic (exact) mass is 387 g/mol. The van der Waals surface area contributed by atoms with Gasteiger partial charge in [-0.25, -0.2) is 0 Å². The minimum atomic E-state index is 0.489. The van der Waals surface area contributed by atoms with Crippen LogP contribution >= 0.6 is 0 Å². The molecule has 2 aliphatic heterocycles. The lowest BCUT2D eigenvalue weighted by Crippen LogP contribution is -2.61. The molecule has 5 fully saturated rings. The number of nitrogens with zero attached hydrogens (tertiary/aromatic N) is 1. The van der Waals surface area contributed by atoms with Crippen LogP contribution in [0.15, 0.2) is 33.9 Å². The first-order valence-electron chi connectivity index (χ1n) is 12.8. The van der Waals surface area contributed by atoms with E-state index in [4.69, 9.17) is 0 Å². The van der Waals surface area contributed by atoms with Gasteiger partial charge >= 0.3 is 0 Å². The summed E-state index contributed by atoms with van der Waals surface area (Å²) >= 11 is 0. The standard InChI is InChI=1S/C28H37N/c1-17-8-12-28-18(2)9-11-26(15-22(17)28)24-23-19(6-7-20(23)14-25(26,28)3)13-21-5-4-10-27(21)16-29(24)27/h7,18,21,24H,4-6,8-16H2,1-3H3. The Kier molecular flexibility index (Phi) is 2.71. The quantitative estimate of drug-likeness (QED) is 0.336. The number of allylic oxidation sites excluding steroid dienone is 4. The summed E-state index contributed by atoms with van der Waals surface area (Å²) in [7, 11) is 0. The second kappa shape index (κ2) is 4.67. The molecule has 8 rings (SSSR count). The van der Waals surface area contributed by atoms with E-state index in [1.54, 1.807) is 5.57 Å². The van der Waals surface area contributed by atoms with Crippen molar-refractivity contribution in [2.24, 2.45) is 28.1 Å². The van der Waals surface area contributed by atoms with Crippen LogP contribution < -0.4 is 0 Å². The molecule has 6 aliphatic carbocycles. The second-order valence-electron chi connectivity index (χ2n) is 12.9. The van der Waals surface area contributed by atoms with Crippen molar-refractivity contribution in [3.63, 3.8) is 0 Å². The fraction of sp³-hybridized carbons (Fsp3) is 0.786. The van der Waals surface area contributed by atoms with Gasteiger partial charge in [-0.05, 0) is 99.5 Å². The van der Waals surface area contributed by atoms with Gasteiger partial charge in [0, 0.05) is 29.0 Å². The summed E-state index contributed by atoms with van der Waals surface area (Å²) in [5, 5.41) is 0. The van der Waals surface area contributed by atoms with E-state index < -0.39 is 0 Å². The molecule has 2 heterocycles. The van der Waals surface area contributed by atoms with Gasteiger partial charge < -0.3 is 0 Å². The summed E-state index contributed by atoms with van der Waals surface area (Å²) < 4.78 is 0. The Bertz CT molecular complexity index is 965. The molecule has 2 spiro atoms. The molecule has 0 N–H and O–H groups in total. The third-order valence-electron chi connectivity index (χ3n) is 12.7. The zero-order chi connectivity index (χ0) is 19.4. The molecule has 2 bridgehead atoms. The molecule has 0 amide bonds. The summed E-state index contributed by atoms with van der Waals surface area (Å²) in [6, 6.07) is 0.767. The van der Waals surface area contributed by atoms with Crippen LogP contribution in [0, 0.1) is 28.1 Å². The first kappa shape index (κ1) is 16.8. The molecule has 0 aromatic heterocycles. The second-order valence-corrected chi connectivity index (χ2v) is 12.9. The highest BCUT2D eigenvalue weighted by atomic mass is 15.4. The molecule has 1 saturated heterocycles. The van der Waals surface area contributed by atoms with Crippen LogP contribution in [0.4, 0.5) is 0 Å². The molecule has 8 unspecified atom stereocenters. The van der Waals surface area contributed by atoms with Crippen molar-refractivity contribution < 1.29 is 0 Å². The Hall–Kier alpha value is -0.820. The zero-order valence-electron chi connectivity index (χ0n) is 18.7. The summed E-state index contributed by atoms with van der Waals surface area (Å²) in [6.45, 7) is 9.38. The average Bonchev–Trinajstić information content (AvgIpc) is 2.87. The van der Waals surface area contributed by atoms with Crippen LogP contribution in [0.5, 0.6) is 0 Å². The molecule has 1 nitrogen and oxygen atoms in total. The van der Waals surface area contributed by atoms with Gasteiger partial charge in [0.05, 0.1) is 0 Å². The predicted molar refractivity (Wildman–Crippen MR) is 117 cm³/mol. The highest BCUT2D eigenvalue weighted by Gasteiger charge is 2.79. The Labute approximate surface area is 176 Å². The Morgan fingerprint density at radius 1 is 1.10 bits per heavy atom. The van der Waals surface area contributed by atoms with Crippen LogP contribution in [-0.2, 0) is 0 Å². The Balaban J connectivity index is 1.41. The van der Waals surface area contributed by atoms with Gasteiger partial charge in [-0.2, -0.15) is 0 Å². The van der Waals surface area contributed by atoms with E-state index in [1.807, 2.05) is 22.3 Å². The first-order chi connectivity index (χ1) is 14.0. The molecule has 8 aliphatic rings. The highest BCUT2D eigenvalue weighted by molar-refractivity contribution is 5.58. The van der Waals surface area contributed by atoms with Crippen LogP contribution in [0.1, 0.15) is 91.4 Å². The van der Waals surface area contributed by atoms with E-state index in [2.05, 4.69) is 31.7 Å². The van der Waals surface area contributed by atoms with Crippen molar-refractivity contribution in [1.82, 2.24) is 4.90 Å². The number of rotatable bonds is 0. The largest absolute Gasteiger partial charge is 0.287 e. The molecular formula is C28H37N. The molecule has 0 radical (unpaired) electrons. The van der Waals surface area contributed by atoms with Crippen LogP contribution in [-0.4, -0.2) is 23.0 Å². The van der Waals surface area contributed by atoms with Crippen molar-refractivity contribution in [1.29, 1.82) is 0 Å². The van der Waals surface area contributed by atoms with Crippen molar-refractivity contribution >= 4 is 0 Å². The van der Waals surface area contributed by atoms with Crippen LogP contribution in [0.3, 0.4) is 0 Å². The SMILES string of the molecule is CC1=C2CC34CCC(C)C2(CC1)C3(C)CC1=CCC2=C1C4N1CC13CCCC3C2. The summed E-state index contributed by atoms with van der Waals surface area (Å²) in [6.07, 6.45) is 18.6. The Morgan fingerprint density at radius 2 is 2.00 bits per heavy atom. The van der Waals surface area contributed by atoms with Gasteiger partial charge in [0.2, 0.25) is 0 Å². The molecule has 4 saturated carbocycles. The lowest BCUT2D eigenvalue weighted by Gasteiger charge is -2.64. The van der Waals surface area contributed by atoms with Crippen molar-refractivity contribution in [3.05, 3.63) is 33.9 Å². The molecule has 0 aromatic rings. The summed E-state index contributed by atoms with van der Waals surface area (Å²) in [5.74, 6) is 1.86. The molecule has 0 aromatic carbocycles. The summed E-state index contributed by atoms with van der Waals surface area (Å²) in [5.41, 5.74) is 11.6. The Morgan fingerprint density at radius 3 is 2.90 bits per heavy atom. The third-order valence-corrected chi connectivity index (χ3v) is 12.7. The number of hydrogen-bond acceptors (Lipinski definition) is 1. The summed E-state index contributed by atoms with van der Waals surface area (Å²) in [4.78, 5) is 3.13. The van der Waals surface area contributed by atoms with Crippen molar-refractivity contribution in [2.45, 2.75) is 103 Å². The first-order valence-corrected chi connectivity index (χ1v) is 12.8. The van der Waals surface area contributed by atoms with Gasteiger partial charge in [0.25, 0.3) is 0 Å². The van der Waals surface area contributed by atoms with Crippen molar-refractivity contribution in [2.75, 3.05) is 6.54 Å².